The minimum Gasteiger partial charge on any atom is -0.493 e. The maximum absolute atomic E-state index is 13.1. The number of piperidine rings is 1. The number of carbonyl (C=O) groups excluding carboxylic acids is 2. The molecule has 0 bridgehead atoms. The average Bonchev–Trinajstić information content (AvgIpc) is 3.27. The molecule has 1 aromatic carbocycles. The highest BCUT2D eigenvalue weighted by molar-refractivity contribution is 7.12. The molecule has 0 spiro atoms. The van der Waals surface area contributed by atoms with Gasteiger partial charge < -0.3 is 19.7 Å². The molecule has 6 nitrogen and oxygen atoms in total. The fourth-order valence-corrected chi connectivity index (χ4v) is 4.52. The molecule has 3 rings (SSSR count). The number of hydrogen-bond acceptors (Lipinski definition) is 5. The zero-order chi connectivity index (χ0) is 21.0. The smallest absolute Gasteiger partial charge is 0.264 e. The van der Waals surface area contributed by atoms with E-state index in [4.69, 9.17) is 9.47 Å². The van der Waals surface area contributed by atoms with Crippen LogP contribution in [0.4, 0.5) is 0 Å². The van der Waals surface area contributed by atoms with Gasteiger partial charge in [0.15, 0.2) is 11.5 Å². The molecule has 29 heavy (non-hydrogen) atoms. The molecule has 0 aliphatic carbocycles. The van der Waals surface area contributed by atoms with E-state index in [0.29, 0.717) is 29.3 Å². The van der Waals surface area contributed by atoms with Crippen molar-refractivity contribution in [1.29, 1.82) is 0 Å². The van der Waals surface area contributed by atoms with E-state index < -0.39 is 6.04 Å². The summed E-state index contributed by atoms with van der Waals surface area (Å²) in [5.41, 5.74) is 1.97. The fraction of sp³-hybridized carbons (Fsp3) is 0.455. The van der Waals surface area contributed by atoms with Crippen LogP contribution in [0.3, 0.4) is 0 Å². The molecule has 7 heteroatoms. The Bertz CT molecular complexity index is 866. The number of methoxy groups -OCH3 is 2. The first kappa shape index (κ1) is 21.2. The molecule has 1 fully saturated rings. The van der Waals surface area contributed by atoms with E-state index in [-0.39, 0.29) is 17.9 Å². The zero-order valence-electron chi connectivity index (χ0n) is 17.4. The van der Waals surface area contributed by atoms with E-state index in [9.17, 15) is 9.59 Å². The Balaban J connectivity index is 1.76. The zero-order valence-corrected chi connectivity index (χ0v) is 18.2. The van der Waals surface area contributed by atoms with Crippen molar-refractivity contribution in [2.45, 2.75) is 45.2 Å². The number of amides is 2. The molecule has 156 valence electrons. The predicted molar refractivity (Wildman–Crippen MR) is 114 cm³/mol. The average molecular weight is 417 g/mol. The van der Waals surface area contributed by atoms with Crippen LogP contribution in [0, 0.1) is 6.92 Å². The molecular weight excluding hydrogens is 388 g/mol. The van der Waals surface area contributed by atoms with Gasteiger partial charge in [-0.25, -0.2) is 0 Å². The van der Waals surface area contributed by atoms with Crippen molar-refractivity contribution in [1.82, 2.24) is 10.2 Å². The molecule has 2 atom stereocenters. The van der Waals surface area contributed by atoms with Gasteiger partial charge >= 0.3 is 0 Å². The molecule has 0 radical (unpaired) electrons. The molecule has 1 aliphatic rings. The van der Waals surface area contributed by atoms with Crippen LogP contribution in [0.2, 0.25) is 0 Å². The quantitative estimate of drug-likeness (QED) is 0.774. The topological polar surface area (TPSA) is 67.9 Å². The molecule has 1 N–H and O–H groups in total. The number of rotatable bonds is 6. The first-order chi connectivity index (χ1) is 14.0. The lowest BCUT2D eigenvalue weighted by molar-refractivity contribution is -0.127. The van der Waals surface area contributed by atoms with E-state index in [2.05, 4.69) is 5.32 Å². The Morgan fingerprint density at radius 3 is 2.59 bits per heavy atom. The van der Waals surface area contributed by atoms with Crippen LogP contribution >= 0.6 is 11.3 Å². The molecule has 0 saturated carbocycles. The highest BCUT2D eigenvalue weighted by Gasteiger charge is 2.33. The molecule has 1 aromatic heterocycles. The van der Waals surface area contributed by atoms with Crippen molar-refractivity contribution in [2.24, 2.45) is 0 Å². The Kier molecular flexibility index (Phi) is 6.79. The number of nitrogens with zero attached hydrogens (tertiary/aromatic N) is 1. The van der Waals surface area contributed by atoms with Gasteiger partial charge in [-0.2, -0.15) is 0 Å². The van der Waals surface area contributed by atoms with Gasteiger partial charge in [-0.3, -0.25) is 9.59 Å². The first-order valence-corrected chi connectivity index (χ1v) is 10.7. The van der Waals surface area contributed by atoms with E-state index in [0.717, 1.165) is 24.0 Å². The normalized spacial score (nSPS) is 17.5. The number of hydrogen-bond donors (Lipinski definition) is 1. The van der Waals surface area contributed by atoms with Gasteiger partial charge in [0.1, 0.15) is 6.04 Å². The summed E-state index contributed by atoms with van der Waals surface area (Å²) in [6, 6.07) is 6.81. The Hall–Kier alpha value is -2.54. The summed E-state index contributed by atoms with van der Waals surface area (Å²) in [6.07, 6.45) is 2.54. The Morgan fingerprint density at radius 2 is 1.93 bits per heavy atom. The number of benzene rings is 1. The second kappa shape index (κ2) is 9.31. The van der Waals surface area contributed by atoms with Crippen molar-refractivity contribution in [2.75, 3.05) is 20.8 Å². The van der Waals surface area contributed by atoms with Gasteiger partial charge in [-0.15, -0.1) is 11.3 Å². The molecule has 2 aromatic rings. The number of ether oxygens (including phenoxy) is 2. The third-order valence-corrected chi connectivity index (χ3v) is 6.25. The lowest BCUT2D eigenvalue weighted by Crippen LogP contribution is -2.52. The summed E-state index contributed by atoms with van der Waals surface area (Å²) < 4.78 is 10.8. The number of carbonyl (C=O) groups is 2. The van der Waals surface area contributed by atoms with Gasteiger partial charge in [-0.05, 0) is 67.8 Å². The predicted octanol–water partition coefficient (Wildman–Crippen LogP) is 3.95. The number of thiophene rings is 1. The summed E-state index contributed by atoms with van der Waals surface area (Å²) in [5, 5.41) is 4.98. The van der Waals surface area contributed by atoms with E-state index in [1.807, 2.05) is 43.5 Å². The van der Waals surface area contributed by atoms with Gasteiger partial charge in [0.05, 0.1) is 25.1 Å². The number of likely N-dealkylation sites (tertiary alicyclic amines) is 1. The molecule has 2 amide bonds. The highest BCUT2D eigenvalue weighted by Crippen LogP contribution is 2.33. The summed E-state index contributed by atoms with van der Waals surface area (Å²) in [4.78, 5) is 28.4. The minimum atomic E-state index is -0.443. The second-order valence-electron chi connectivity index (χ2n) is 7.28. The molecule has 2 heterocycles. The van der Waals surface area contributed by atoms with Gasteiger partial charge in [0, 0.05) is 6.54 Å². The summed E-state index contributed by atoms with van der Waals surface area (Å²) >= 11 is 1.41. The maximum Gasteiger partial charge on any atom is 0.264 e. The SMILES string of the molecule is COc1cc(C)c(C(C)NC(=O)C2CCCCN2C(=O)c2cccs2)cc1OC. The van der Waals surface area contributed by atoms with Crippen LogP contribution < -0.4 is 14.8 Å². The van der Waals surface area contributed by atoms with Gasteiger partial charge in [0.25, 0.3) is 5.91 Å². The third kappa shape index (κ3) is 4.56. The summed E-state index contributed by atoms with van der Waals surface area (Å²) in [6.45, 7) is 4.53. The van der Waals surface area contributed by atoms with Crippen LogP contribution in [0.25, 0.3) is 0 Å². The van der Waals surface area contributed by atoms with Crippen LogP contribution in [-0.4, -0.2) is 43.5 Å². The maximum atomic E-state index is 13.1. The molecule has 1 saturated heterocycles. The number of aryl methyl sites for hydroxylation is 1. The van der Waals surface area contributed by atoms with Gasteiger partial charge in [-0.1, -0.05) is 6.07 Å². The molecule has 1 aliphatic heterocycles. The summed E-state index contributed by atoms with van der Waals surface area (Å²) in [7, 11) is 3.20. The van der Waals surface area contributed by atoms with Crippen LogP contribution in [0.5, 0.6) is 11.5 Å². The lowest BCUT2D eigenvalue weighted by atomic mass is 9.98. The molecule has 2 unspecified atom stereocenters. The second-order valence-corrected chi connectivity index (χ2v) is 8.23. The van der Waals surface area contributed by atoms with Crippen LogP contribution in [-0.2, 0) is 4.79 Å². The monoisotopic (exact) mass is 416 g/mol. The summed E-state index contributed by atoms with van der Waals surface area (Å²) in [5.74, 6) is 1.11. The Labute approximate surface area is 175 Å². The van der Waals surface area contributed by atoms with E-state index in [1.54, 1.807) is 19.1 Å². The van der Waals surface area contributed by atoms with Crippen molar-refractivity contribution in [3.05, 3.63) is 45.6 Å². The lowest BCUT2D eigenvalue weighted by Gasteiger charge is -2.35. The van der Waals surface area contributed by atoms with Crippen molar-refractivity contribution >= 4 is 23.2 Å². The number of nitrogens with one attached hydrogen (secondary N) is 1. The van der Waals surface area contributed by atoms with E-state index >= 15 is 0 Å². The largest absolute Gasteiger partial charge is 0.493 e. The van der Waals surface area contributed by atoms with Crippen molar-refractivity contribution in [3.8, 4) is 11.5 Å². The van der Waals surface area contributed by atoms with Crippen molar-refractivity contribution in [3.63, 3.8) is 0 Å². The highest BCUT2D eigenvalue weighted by atomic mass is 32.1. The first-order valence-electron chi connectivity index (χ1n) is 9.83. The van der Waals surface area contributed by atoms with Crippen LogP contribution in [0.1, 0.15) is 53.0 Å². The van der Waals surface area contributed by atoms with Crippen molar-refractivity contribution < 1.29 is 19.1 Å². The van der Waals surface area contributed by atoms with E-state index in [1.165, 1.54) is 11.3 Å². The Morgan fingerprint density at radius 1 is 1.21 bits per heavy atom. The van der Waals surface area contributed by atoms with Gasteiger partial charge in [0.2, 0.25) is 5.91 Å². The third-order valence-electron chi connectivity index (χ3n) is 5.40. The van der Waals surface area contributed by atoms with Crippen LogP contribution in [0.15, 0.2) is 29.6 Å². The fourth-order valence-electron chi connectivity index (χ4n) is 3.84. The molecular formula is C22H28N2O4S. The standard InChI is InChI=1S/C22H28N2O4S/c1-14-12-18(27-3)19(28-4)13-16(14)15(2)23-21(25)17-8-5-6-10-24(17)22(26)20-9-7-11-29-20/h7,9,11-13,15,17H,5-6,8,10H2,1-4H3,(H,23,25). The minimum absolute atomic E-state index is 0.0604.